The van der Waals surface area contributed by atoms with E-state index in [-0.39, 0.29) is 30.4 Å². The minimum atomic E-state index is -1.01. The first-order valence-electron chi connectivity index (χ1n) is 11.7. The summed E-state index contributed by atoms with van der Waals surface area (Å²) in [5.74, 6) is -0.908. The molecule has 35 heavy (non-hydrogen) atoms. The number of rotatable bonds is 9. The fraction of sp³-hybridized carbons (Fsp3) is 0.480. The first kappa shape index (κ1) is 24.1. The van der Waals surface area contributed by atoms with Gasteiger partial charge in [0, 0.05) is 23.4 Å². The van der Waals surface area contributed by atoms with Gasteiger partial charge in [0.15, 0.2) is 0 Å². The Morgan fingerprint density at radius 2 is 2.09 bits per heavy atom. The Morgan fingerprint density at radius 1 is 1.29 bits per heavy atom. The molecule has 3 atom stereocenters. The molecule has 2 aromatic rings. The number of nitrogens with zero attached hydrogens (tertiary/aromatic N) is 2. The van der Waals surface area contributed by atoms with Crippen molar-refractivity contribution in [3.05, 3.63) is 30.0 Å². The van der Waals surface area contributed by atoms with Crippen molar-refractivity contribution in [2.45, 2.75) is 50.6 Å². The minimum absolute atomic E-state index is 0.119. The van der Waals surface area contributed by atoms with Gasteiger partial charge in [0.05, 0.1) is 24.7 Å². The lowest BCUT2D eigenvalue weighted by Crippen LogP contribution is -2.51. The molecule has 4 N–H and O–H groups in total. The van der Waals surface area contributed by atoms with Gasteiger partial charge in [-0.3, -0.25) is 14.4 Å². The summed E-state index contributed by atoms with van der Waals surface area (Å²) in [5.41, 5.74) is 0.297. The third-order valence-corrected chi connectivity index (χ3v) is 6.79. The quantitative estimate of drug-likeness (QED) is 0.432. The van der Waals surface area contributed by atoms with E-state index in [0.29, 0.717) is 37.1 Å². The number of ether oxygens (including phenoxy) is 1. The predicted molar refractivity (Wildman–Crippen MR) is 126 cm³/mol. The van der Waals surface area contributed by atoms with Gasteiger partial charge in [-0.1, -0.05) is 6.07 Å². The highest BCUT2D eigenvalue weighted by atomic mass is 16.5. The Kier molecular flexibility index (Phi) is 6.92. The summed E-state index contributed by atoms with van der Waals surface area (Å²) < 4.78 is 5.34. The number of methoxy groups -OCH3 is 1. The molecule has 0 radical (unpaired) electrons. The normalized spacial score (nSPS) is 20.0. The molecule has 3 amide bonds. The van der Waals surface area contributed by atoms with E-state index >= 15 is 0 Å². The first-order valence-corrected chi connectivity index (χ1v) is 11.7. The Hall–Kier alpha value is -4.05. The third-order valence-electron chi connectivity index (χ3n) is 6.79. The molecule has 10 heteroatoms. The van der Waals surface area contributed by atoms with Gasteiger partial charge in [-0.25, -0.2) is 0 Å². The van der Waals surface area contributed by atoms with Gasteiger partial charge in [-0.2, -0.15) is 10.5 Å². The topological polar surface area (TPSA) is 160 Å². The van der Waals surface area contributed by atoms with Crippen LogP contribution < -0.4 is 20.7 Å². The zero-order chi connectivity index (χ0) is 25.0. The summed E-state index contributed by atoms with van der Waals surface area (Å²) in [6.45, 7) is 0.614. The van der Waals surface area contributed by atoms with Gasteiger partial charge in [0.2, 0.25) is 11.8 Å². The van der Waals surface area contributed by atoms with Gasteiger partial charge >= 0.3 is 0 Å². The molecule has 4 rings (SSSR count). The van der Waals surface area contributed by atoms with E-state index in [9.17, 15) is 24.9 Å². The molecule has 1 aliphatic heterocycles. The number of nitrogens with one attached hydrogen (secondary N) is 4. The average molecular weight is 477 g/mol. The lowest BCUT2D eigenvalue weighted by Gasteiger charge is -2.25. The average Bonchev–Trinajstić information content (AvgIpc) is 3.50. The van der Waals surface area contributed by atoms with Crippen LogP contribution in [0.15, 0.2) is 24.3 Å². The van der Waals surface area contributed by atoms with E-state index in [1.165, 1.54) is 0 Å². The van der Waals surface area contributed by atoms with Gasteiger partial charge in [-0.05, 0) is 56.7 Å². The molecule has 2 fully saturated rings. The largest absolute Gasteiger partial charge is 0.496 e. The Balaban J connectivity index is 1.49. The monoisotopic (exact) mass is 476 g/mol. The number of H-pyrrole nitrogens is 1. The van der Waals surface area contributed by atoms with Crippen molar-refractivity contribution in [2.24, 2.45) is 11.3 Å². The summed E-state index contributed by atoms with van der Waals surface area (Å²) in [4.78, 5) is 41.4. The molecular formula is C25H28N6O4. The fourth-order valence-electron chi connectivity index (χ4n) is 4.54. The highest BCUT2D eigenvalue weighted by molar-refractivity contribution is 6.01. The number of fused-ring (bicyclic) bond motifs is 1. The molecule has 2 aliphatic rings. The molecule has 1 aromatic carbocycles. The van der Waals surface area contributed by atoms with Crippen LogP contribution in [0.3, 0.4) is 0 Å². The van der Waals surface area contributed by atoms with E-state index in [1.54, 1.807) is 25.3 Å². The summed E-state index contributed by atoms with van der Waals surface area (Å²) in [6.07, 6.45) is 3.11. The van der Waals surface area contributed by atoms with Gasteiger partial charge in [-0.15, -0.1) is 0 Å². The molecule has 1 saturated heterocycles. The van der Waals surface area contributed by atoms with Crippen LogP contribution in [-0.4, -0.2) is 48.4 Å². The second-order valence-corrected chi connectivity index (χ2v) is 9.28. The number of amides is 3. The van der Waals surface area contributed by atoms with Crippen molar-refractivity contribution in [3.63, 3.8) is 0 Å². The SMILES string of the molecule is COc1cccc2[nH]c(C(=O)NC(CC3(C#N)CC3)C(=O)NC(C#N)CC3CCCNC3=O)cc12. The molecule has 1 saturated carbocycles. The third kappa shape index (κ3) is 5.38. The van der Waals surface area contributed by atoms with E-state index in [0.717, 1.165) is 11.8 Å². The number of hydrogen-bond donors (Lipinski definition) is 4. The smallest absolute Gasteiger partial charge is 0.268 e. The summed E-state index contributed by atoms with van der Waals surface area (Å²) in [7, 11) is 1.54. The number of nitriles is 2. The van der Waals surface area contributed by atoms with Crippen LogP contribution in [0, 0.1) is 34.0 Å². The first-order chi connectivity index (χ1) is 16.9. The number of carbonyl (C=O) groups is 3. The minimum Gasteiger partial charge on any atom is -0.496 e. The van der Waals surface area contributed by atoms with Crippen LogP contribution in [0.25, 0.3) is 10.9 Å². The summed E-state index contributed by atoms with van der Waals surface area (Å²) in [5, 5.41) is 28.1. The maximum absolute atomic E-state index is 13.2. The molecule has 182 valence electrons. The number of hydrogen-bond acceptors (Lipinski definition) is 6. The number of benzene rings is 1. The predicted octanol–water partition coefficient (Wildman–Crippen LogP) is 1.89. The van der Waals surface area contributed by atoms with Crippen molar-refractivity contribution >= 4 is 28.6 Å². The second kappa shape index (κ2) is 10.1. The van der Waals surface area contributed by atoms with E-state index in [2.05, 4.69) is 33.1 Å². The number of aromatic nitrogens is 1. The van der Waals surface area contributed by atoms with Crippen LogP contribution in [0.1, 0.15) is 49.0 Å². The molecule has 1 aliphatic carbocycles. The van der Waals surface area contributed by atoms with Crippen molar-refractivity contribution in [1.82, 2.24) is 20.9 Å². The van der Waals surface area contributed by atoms with Gasteiger partial charge < -0.3 is 25.7 Å². The van der Waals surface area contributed by atoms with E-state index < -0.39 is 29.3 Å². The lowest BCUT2D eigenvalue weighted by molar-refractivity contribution is -0.128. The van der Waals surface area contributed by atoms with Crippen molar-refractivity contribution < 1.29 is 19.1 Å². The molecule has 3 unspecified atom stereocenters. The lowest BCUT2D eigenvalue weighted by atomic mass is 9.91. The maximum atomic E-state index is 13.2. The standard InChI is InChI=1S/C25H28N6O4/c1-35-21-6-2-5-18-17(21)11-19(30-18)23(33)31-20(12-25(14-27)7-8-25)24(34)29-16(13-26)10-15-4-3-9-28-22(15)32/h2,5-6,11,15-16,20,30H,3-4,7-10,12H2,1H3,(H,28,32)(H,29,34)(H,31,33). The van der Waals surface area contributed by atoms with Crippen LogP contribution in [0.4, 0.5) is 0 Å². The van der Waals surface area contributed by atoms with Crippen molar-refractivity contribution in [1.29, 1.82) is 10.5 Å². The zero-order valence-electron chi connectivity index (χ0n) is 19.5. The molecule has 0 spiro atoms. The second-order valence-electron chi connectivity index (χ2n) is 9.28. The number of piperidine rings is 1. The molecular weight excluding hydrogens is 448 g/mol. The van der Waals surface area contributed by atoms with Crippen molar-refractivity contribution in [3.8, 4) is 17.9 Å². The molecule has 10 nitrogen and oxygen atoms in total. The Labute approximate surface area is 203 Å². The van der Waals surface area contributed by atoms with E-state index in [1.807, 2.05) is 6.07 Å². The van der Waals surface area contributed by atoms with Crippen LogP contribution in [-0.2, 0) is 9.59 Å². The fourth-order valence-corrected chi connectivity index (χ4v) is 4.54. The zero-order valence-corrected chi connectivity index (χ0v) is 19.5. The van der Waals surface area contributed by atoms with Crippen LogP contribution >= 0.6 is 0 Å². The molecule has 2 heterocycles. The van der Waals surface area contributed by atoms with E-state index in [4.69, 9.17) is 4.74 Å². The summed E-state index contributed by atoms with van der Waals surface area (Å²) in [6, 6.07) is 9.46. The molecule has 1 aromatic heterocycles. The number of carbonyl (C=O) groups excluding carboxylic acids is 3. The van der Waals surface area contributed by atoms with Gasteiger partial charge in [0.25, 0.3) is 5.91 Å². The Morgan fingerprint density at radius 3 is 2.74 bits per heavy atom. The highest BCUT2D eigenvalue weighted by Crippen LogP contribution is 2.48. The Bertz CT molecular complexity index is 1220. The van der Waals surface area contributed by atoms with Crippen LogP contribution in [0.2, 0.25) is 0 Å². The van der Waals surface area contributed by atoms with Gasteiger partial charge in [0.1, 0.15) is 23.5 Å². The summed E-state index contributed by atoms with van der Waals surface area (Å²) >= 11 is 0. The maximum Gasteiger partial charge on any atom is 0.268 e. The highest BCUT2D eigenvalue weighted by Gasteiger charge is 2.46. The number of aromatic amines is 1. The molecule has 0 bridgehead atoms. The van der Waals surface area contributed by atoms with Crippen molar-refractivity contribution in [2.75, 3.05) is 13.7 Å². The van der Waals surface area contributed by atoms with Crippen LogP contribution in [0.5, 0.6) is 5.75 Å².